The zero-order chi connectivity index (χ0) is 26.9. The fraction of sp³-hybridized carbons (Fsp3) is 0.667. The molecule has 0 bridgehead atoms. The smallest absolute Gasteiger partial charge is 0.251 e. The highest BCUT2D eigenvalue weighted by atomic mass is 16.2. The number of ketones is 1. The third-order valence-electron chi connectivity index (χ3n) is 8.27. The van der Waals surface area contributed by atoms with Crippen molar-refractivity contribution in [2.24, 2.45) is 11.8 Å². The van der Waals surface area contributed by atoms with Crippen molar-refractivity contribution >= 4 is 23.5 Å². The van der Waals surface area contributed by atoms with Gasteiger partial charge in [-0.15, -0.1) is 0 Å². The van der Waals surface area contributed by atoms with Gasteiger partial charge >= 0.3 is 0 Å². The molecule has 7 heteroatoms. The quantitative estimate of drug-likeness (QED) is 0.626. The van der Waals surface area contributed by atoms with Crippen LogP contribution >= 0.6 is 0 Å². The standard InChI is InChI=1S/C30H43N3O4/c1-19(2)17-23(31-27(35)20-11-13-22(14-12-20)30(3,4)5)29(37)32-16-15-24-26(32)25(34)18-33(24)28(36)21-9-7-6-8-10-21/h11-14,19,21,23-24,26H,6-10,15-18H2,1-5H3,(H,31,35). The number of benzene rings is 1. The first kappa shape index (κ1) is 27.3. The van der Waals surface area contributed by atoms with Crippen LogP contribution in [0.4, 0.5) is 0 Å². The Bertz CT molecular complexity index is 1020. The highest BCUT2D eigenvalue weighted by Crippen LogP contribution is 2.34. The number of hydrogen-bond acceptors (Lipinski definition) is 4. The van der Waals surface area contributed by atoms with E-state index in [4.69, 9.17) is 0 Å². The predicted octanol–water partition coefficient (Wildman–Crippen LogP) is 4.09. The van der Waals surface area contributed by atoms with Crippen LogP contribution < -0.4 is 5.32 Å². The number of nitrogens with one attached hydrogen (secondary N) is 1. The van der Waals surface area contributed by atoms with Gasteiger partial charge in [0.15, 0.2) is 5.78 Å². The molecule has 3 amide bonds. The van der Waals surface area contributed by atoms with Gasteiger partial charge in [-0.3, -0.25) is 19.2 Å². The van der Waals surface area contributed by atoms with Crippen LogP contribution in [0.3, 0.4) is 0 Å². The number of amides is 3. The molecule has 1 N–H and O–H groups in total. The molecule has 2 heterocycles. The van der Waals surface area contributed by atoms with Crippen molar-refractivity contribution in [1.82, 2.24) is 15.1 Å². The topological polar surface area (TPSA) is 86.8 Å². The van der Waals surface area contributed by atoms with Gasteiger partial charge in [0.1, 0.15) is 12.1 Å². The Kier molecular flexibility index (Phi) is 8.10. The van der Waals surface area contributed by atoms with Crippen LogP contribution in [0.2, 0.25) is 0 Å². The summed E-state index contributed by atoms with van der Waals surface area (Å²) in [7, 11) is 0. The fourth-order valence-electron chi connectivity index (χ4n) is 6.20. The van der Waals surface area contributed by atoms with Crippen LogP contribution in [0, 0.1) is 11.8 Å². The molecular weight excluding hydrogens is 466 g/mol. The maximum absolute atomic E-state index is 13.8. The summed E-state index contributed by atoms with van der Waals surface area (Å²) in [5.41, 5.74) is 1.63. The van der Waals surface area contributed by atoms with Crippen LogP contribution in [0.5, 0.6) is 0 Å². The first-order valence-corrected chi connectivity index (χ1v) is 14.0. The van der Waals surface area contributed by atoms with Gasteiger partial charge in [-0.1, -0.05) is 66.0 Å². The first-order chi connectivity index (χ1) is 17.5. The Morgan fingerprint density at radius 3 is 2.22 bits per heavy atom. The van der Waals surface area contributed by atoms with E-state index in [-0.39, 0.29) is 53.3 Å². The van der Waals surface area contributed by atoms with E-state index in [0.29, 0.717) is 24.9 Å². The molecule has 7 nitrogen and oxygen atoms in total. The Morgan fingerprint density at radius 2 is 1.62 bits per heavy atom. The normalized spacial score (nSPS) is 23.4. The fourth-order valence-corrected chi connectivity index (χ4v) is 6.20. The van der Waals surface area contributed by atoms with E-state index in [1.165, 1.54) is 6.42 Å². The summed E-state index contributed by atoms with van der Waals surface area (Å²) in [5.74, 6) is -0.307. The summed E-state index contributed by atoms with van der Waals surface area (Å²) in [6.45, 7) is 10.9. The summed E-state index contributed by atoms with van der Waals surface area (Å²) in [5, 5.41) is 2.96. The summed E-state index contributed by atoms with van der Waals surface area (Å²) < 4.78 is 0. The van der Waals surface area contributed by atoms with Gasteiger partial charge < -0.3 is 15.1 Å². The average molecular weight is 510 g/mol. The molecule has 1 aromatic carbocycles. The van der Waals surface area contributed by atoms with Crippen LogP contribution in [-0.2, 0) is 19.8 Å². The maximum atomic E-state index is 13.8. The van der Waals surface area contributed by atoms with E-state index in [9.17, 15) is 19.2 Å². The van der Waals surface area contributed by atoms with Crippen molar-refractivity contribution in [1.29, 1.82) is 0 Å². The number of Topliss-reactive ketones (excluding diaryl/α,β-unsaturated/α-hetero) is 1. The molecule has 2 saturated heterocycles. The molecule has 3 atom stereocenters. The largest absolute Gasteiger partial charge is 0.340 e. The molecule has 4 rings (SSSR count). The van der Waals surface area contributed by atoms with E-state index in [1.54, 1.807) is 21.9 Å². The number of carbonyl (C=O) groups is 4. The molecule has 1 aliphatic carbocycles. The number of likely N-dealkylation sites (tertiary alicyclic amines) is 2. The number of hydrogen-bond donors (Lipinski definition) is 1. The number of fused-ring (bicyclic) bond motifs is 1. The minimum Gasteiger partial charge on any atom is -0.340 e. The number of rotatable bonds is 6. The van der Waals surface area contributed by atoms with Crippen LogP contribution in [0.15, 0.2) is 24.3 Å². The lowest BCUT2D eigenvalue weighted by Crippen LogP contribution is -2.53. The molecule has 1 aromatic rings. The molecule has 0 aromatic heterocycles. The van der Waals surface area contributed by atoms with E-state index in [1.807, 2.05) is 26.0 Å². The molecule has 0 radical (unpaired) electrons. The van der Waals surface area contributed by atoms with Gasteiger partial charge in [-0.2, -0.15) is 0 Å². The zero-order valence-corrected chi connectivity index (χ0v) is 23.1. The minimum absolute atomic E-state index is 0.00250. The molecule has 0 spiro atoms. The van der Waals surface area contributed by atoms with Gasteiger partial charge in [-0.25, -0.2) is 0 Å². The second-order valence-corrected chi connectivity index (χ2v) is 12.6. The highest BCUT2D eigenvalue weighted by molar-refractivity contribution is 6.01. The summed E-state index contributed by atoms with van der Waals surface area (Å²) in [6.07, 6.45) is 6.17. The lowest BCUT2D eigenvalue weighted by molar-refractivity contribution is -0.138. The van der Waals surface area contributed by atoms with Crippen molar-refractivity contribution in [3.05, 3.63) is 35.4 Å². The van der Waals surface area contributed by atoms with Crippen LogP contribution in [-0.4, -0.2) is 64.5 Å². The van der Waals surface area contributed by atoms with Crippen LogP contribution in [0.25, 0.3) is 0 Å². The Labute approximate surface area is 221 Å². The van der Waals surface area contributed by atoms with E-state index >= 15 is 0 Å². The van der Waals surface area contributed by atoms with E-state index in [2.05, 4.69) is 26.1 Å². The Hall–Kier alpha value is -2.70. The van der Waals surface area contributed by atoms with E-state index in [0.717, 1.165) is 31.2 Å². The van der Waals surface area contributed by atoms with Crippen molar-refractivity contribution < 1.29 is 19.2 Å². The van der Waals surface area contributed by atoms with Crippen molar-refractivity contribution in [2.75, 3.05) is 13.1 Å². The average Bonchev–Trinajstić information content (AvgIpc) is 3.44. The van der Waals surface area contributed by atoms with Crippen LogP contribution in [0.1, 0.15) is 95.5 Å². The molecular formula is C30H43N3O4. The lowest BCUT2D eigenvalue weighted by atomic mass is 9.86. The van der Waals surface area contributed by atoms with Gasteiger partial charge in [0.25, 0.3) is 5.91 Å². The van der Waals surface area contributed by atoms with Gasteiger partial charge in [0.2, 0.25) is 11.8 Å². The maximum Gasteiger partial charge on any atom is 0.251 e. The van der Waals surface area contributed by atoms with Gasteiger partial charge in [0, 0.05) is 18.0 Å². The molecule has 1 saturated carbocycles. The minimum atomic E-state index is -0.718. The van der Waals surface area contributed by atoms with E-state index < -0.39 is 12.1 Å². The summed E-state index contributed by atoms with van der Waals surface area (Å²) in [4.78, 5) is 56.6. The lowest BCUT2D eigenvalue weighted by Gasteiger charge is -2.30. The Balaban J connectivity index is 1.47. The highest BCUT2D eigenvalue weighted by Gasteiger charge is 2.52. The molecule has 3 unspecified atom stereocenters. The van der Waals surface area contributed by atoms with Crippen molar-refractivity contribution in [3.63, 3.8) is 0 Å². The van der Waals surface area contributed by atoms with Gasteiger partial charge in [0.05, 0.1) is 12.6 Å². The molecule has 3 fully saturated rings. The third-order valence-corrected chi connectivity index (χ3v) is 8.27. The second-order valence-electron chi connectivity index (χ2n) is 12.6. The molecule has 202 valence electrons. The monoisotopic (exact) mass is 509 g/mol. The predicted molar refractivity (Wildman–Crippen MR) is 143 cm³/mol. The van der Waals surface area contributed by atoms with Gasteiger partial charge in [-0.05, 0) is 54.7 Å². The Morgan fingerprint density at radius 1 is 0.973 bits per heavy atom. The zero-order valence-electron chi connectivity index (χ0n) is 23.1. The summed E-state index contributed by atoms with van der Waals surface area (Å²) >= 11 is 0. The molecule has 3 aliphatic rings. The third kappa shape index (κ3) is 5.91. The SMILES string of the molecule is CC(C)CC(NC(=O)c1ccc(C(C)(C)C)cc1)C(=O)N1CCC2C1C(=O)CN2C(=O)C1CCCCC1. The van der Waals surface area contributed by atoms with Crippen molar-refractivity contribution in [3.8, 4) is 0 Å². The molecule has 2 aliphatic heterocycles. The number of carbonyl (C=O) groups excluding carboxylic acids is 4. The number of nitrogens with zero attached hydrogens (tertiary/aromatic N) is 2. The molecule has 37 heavy (non-hydrogen) atoms. The second kappa shape index (κ2) is 11.0. The first-order valence-electron chi connectivity index (χ1n) is 14.0. The van der Waals surface area contributed by atoms with Crippen molar-refractivity contribution in [2.45, 2.75) is 103 Å². The summed E-state index contributed by atoms with van der Waals surface area (Å²) in [6, 6.07) is 5.94.